The summed E-state index contributed by atoms with van der Waals surface area (Å²) < 4.78 is 39.3. The third-order valence-electron chi connectivity index (χ3n) is 3.85. The second kappa shape index (κ2) is 6.95. The minimum atomic E-state index is -4.52. The molecule has 0 spiro atoms. The van der Waals surface area contributed by atoms with Crippen molar-refractivity contribution in [2.75, 3.05) is 5.73 Å². The van der Waals surface area contributed by atoms with Gasteiger partial charge < -0.3 is 5.73 Å². The molecule has 2 aromatic rings. The summed E-state index contributed by atoms with van der Waals surface area (Å²) in [6.45, 7) is 0. The Labute approximate surface area is 150 Å². The molecule has 27 heavy (non-hydrogen) atoms. The first kappa shape index (κ1) is 19.7. The average Bonchev–Trinajstić information content (AvgIpc) is 2.62. The number of nitrogens with zero attached hydrogens (tertiary/aromatic N) is 3. The first-order chi connectivity index (χ1) is 12.5. The molecule has 0 fully saturated rings. The van der Waals surface area contributed by atoms with Crippen molar-refractivity contribution in [1.29, 1.82) is 5.26 Å². The Bertz CT molecular complexity index is 1100. The van der Waals surface area contributed by atoms with E-state index in [1.165, 1.54) is 7.05 Å². The molecule has 1 aromatic heterocycles. The van der Waals surface area contributed by atoms with Crippen molar-refractivity contribution in [3.05, 3.63) is 67.4 Å². The number of allylic oxidation sites excluding steroid dienone is 1. The van der Waals surface area contributed by atoms with E-state index < -0.39 is 45.7 Å². The van der Waals surface area contributed by atoms with Gasteiger partial charge in [-0.2, -0.15) is 18.4 Å². The number of halogens is 3. The highest BCUT2D eigenvalue weighted by molar-refractivity contribution is 6.16. The number of nitrogens with two attached hydrogens (primary N) is 1. The van der Waals surface area contributed by atoms with Gasteiger partial charge >= 0.3 is 11.9 Å². The molecule has 0 amide bonds. The molecule has 0 bridgehead atoms. The highest BCUT2D eigenvalue weighted by Gasteiger charge is 2.30. The lowest BCUT2D eigenvalue weighted by Gasteiger charge is -2.10. The van der Waals surface area contributed by atoms with Gasteiger partial charge in [0.05, 0.1) is 5.56 Å². The number of hydrogen-bond acceptors (Lipinski definition) is 5. The zero-order valence-corrected chi connectivity index (χ0v) is 14.2. The van der Waals surface area contributed by atoms with Crippen LogP contribution in [0.5, 0.6) is 0 Å². The Morgan fingerprint density at radius 1 is 1.15 bits per heavy atom. The Morgan fingerprint density at radius 2 is 1.70 bits per heavy atom. The summed E-state index contributed by atoms with van der Waals surface area (Å²) in [5, 5.41) is 9.24. The first-order valence-corrected chi connectivity index (χ1v) is 7.38. The molecule has 0 aliphatic rings. The third kappa shape index (κ3) is 3.67. The van der Waals surface area contributed by atoms with E-state index in [0.717, 1.165) is 42.0 Å². The van der Waals surface area contributed by atoms with Gasteiger partial charge in [-0.1, -0.05) is 12.1 Å². The molecule has 0 aliphatic carbocycles. The minimum absolute atomic E-state index is 0.146. The van der Waals surface area contributed by atoms with Gasteiger partial charge in [-0.15, -0.1) is 0 Å². The van der Waals surface area contributed by atoms with E-state index in [0.29, 0.717) is 4.57 Å². The number of nitrogen functional groups attached to an aromatic ring is 1. The second-order valence-corrected chi connectivity index (χ2v) is 5.58. The van der Waals surface area contributed by atoms with Gasteiger partial charge in [0.25, 0.3) is 5.56 Å². The molecule has 1 heterocycles. The van der Waals surface area contributed by atoms with Crippen LogP contribution in [0.1, 0.15) is 21.5 Å². The van der Waals surface area contributed by atoms with Crippen LogP contribution in [0, 0.1) is 11.3 Å². The zero-order valence-electron chi connectivity index (χ0n) is 14.2. The minimum Gasteiger partial charge on any atom is -0.384 e. The van der Waals surface area contributed by atoms with E-state index in [1.807, 2.05) is 0 Å². The molecule has 140 valence electrons. The Balaban J connectivity index is 2.55. The summed E-state index contributed by atoms with van der Waals surface area (Å²) in [5.41, 5.74) is 2.12. The molecule has 0 saturated carbocycles. The lowest BCUT2D eigenvalue weighted by atomic mass is 10.0. The van der Waals surface area contributed by atoms with Crippen molar-refractivity contribution in [2.45, 2.75) is 6.18 Å². The lowest BCUT2D eigenvalue weighted by Crippen LogP contribution is -2.41. The highest BCUT2D eigenvalue weighted by atomic mass is 19.4. The molecule has 0 radical (unpaired) electrons. The first-order valence-electron chi connectivity index (χ1n) is 7.38. The Kier molecular flexibility index (Phi) is 5.07. The molecular formula is C17H13F3N4O3. The third-order valence-corrected chi connectivity index (χ3v) is 3.85. The maximum atomic E-state index is 12.6. The molecule has 10 heteroatoms. The number of hydrogen-bond donors (Lipinski definition) is 1. The maximum Gasteiger partial charge on any atom is 0.416 e. The molecular weight excluding hydrogens is 365 g/mol. The van der Waals surface area contributed by atoms with Crippen LogP contribution in [0.25, 0.3) is 6.08 Å². The highest BCUT2D eigenvalue weighted by Crippen LogP contribution is 2.29. The number of benzene rings is 1. The van der Waals surface area contributed by atoms with Crippen molar-refractivity contribution in [2.24, 2.45) is 14.1 Å². The van der Waals surface area contributed by atoms with Gasteiger partial charge in [0.2, 0.25) is 5.78 Å². The molecule has 0 unspecified atom stereocenters. The maximum absolute atomic E-state index is 12.6. The van der Waals surface area contributed by atoms with Gasteiger partial charge in [0.15, 0.2) is 0 Å². The molecule has 2 rings (SSSR count). The summed E-state index contributed by atoms with van der Waals surface area (Å²) >= 11 is 0. The molecule has 7 nitrogen and oxygen atoms in total. The summed E-state index contributed by atoms with van der Waals surface area (Å²) in [7, 11) is 2.39. The Hall–Kier alpha value is -3.61. The fraction of sp³-hybridized carbons (Fsp3) is 0.176. The number of nitriles is 1. The number of rotatable bonds is 3. The topological polar surface area (TPSA) is 111 Å². The molecule has 0 saturated heterocycles. The SMILES string of the molecule is Cn1c(N)c(C(=O)/C(C#N)=C/c2ccc(C(F)(F)F)cc2)c(=O)n(C)c1=O. The van der Waals surface area contributed by atoms with E-state index in [4.69, 9.17) is 5.73 Å². The second-order valence-electron chi connectivity index (χ2n) is 5.58. The van der Waals surface area contributed by atoms with Crippen molar-refractivity contribution in [3.63, 3.8) is 0 Å². The van der Waals surface area contributed by atoms with Crippen molar-refractivity contribution >= 4 is 17.7 Å². The van der Waals surface area contributed by atoms with Crippen LogP contribution in [0.3, 0.4) is 0 Å². The zero-order chi connectivity index (χ0) is 20.5. The van der Waals surface area contributed by atoms with Crippen molar-refractivity contribution in [1.82, 2.24) is 9.13 Å². The van der Waals surface area contributed by atoms with E-state index in [-0.39, 0.29) is 5.56 Å². The molecule has 2 N–H and O–H groups in total. The number of alkyl halides is 3. The van der Waals surface area contributed by atoms with E-state index in [2.05, 4.69) is 0 Å². The van der Waals surface area contributed by atoms with E-state index in [9.17, 15) is 32.8 Å². The van der Waals surface area contributed by atoms with Gasteiger partial charge in [-0.3, -0.25) is 18.7 Å². The smallest absolute Gasteiger partial charge is 0.384 e. The quantitative estimate of drug-likeness (QED) is 0.494. The van der Waals surface area contributed by atoms with Crippen molar-refractivity contribution < 1.29 is 18.0 Å². The fourth-order valence-corrected chi connectivity index (χ4v) is 2.29. The predicted molar refractivity (Wildman–Crippen MR) is 90.7 cm³/mol. The van der Waals surface area contributed by atoms with Crippen LogP contribution in [-0.4, -0.2) is 14.9 Å². The molecule has 0 aliphatic heterocycles. The van der Waals surface area contributed by atoms with Crippen LogP contribution in [0.4, 0.5) is 19.0 Å². The summed E-state index contributed by atoms with van der Waals surface area (Å²) in [5.74, 6) is -1.45. The van der Waals surface area contributed by atoms with Crippen LogP contribution >= 0.6 is 0 Å². The van der Waals surface area contributed by atoms with Crippen LogP contribution in [0.2, 0.25) is 0 Å². The largest absolute Gasteiger partial charge is 0.416 e. The van der Waals surface area contributed by atoms with E-state index >= 15 is 0 Å². The lowest BCUT2D eigenvalue weighted by molar-refractivity contribution is -0.137. The predicted octanol–water partition coefficient (Wildman–Crippen LogP) is 1.47. The van der Waals surface area contributed by atoms with Crippen LogP contribution < -0.4 is 17.0 Å². The standard InChI is InChI=1S/C17H13F3N4O3/c1-23-14(22)12(15(26)24(2)16(23)27)13(25)10(8-21)7-9-3-5-11(6-4-9)17(18,19)20/h3-7H,22H2,1-2H3/b10-7+. The summed E-state index contributed by atoms with van der Waals surface area (Å²) in [6, 6.07) is 5.35. The van der Waals surface area contributed by atoms with Crippen LogP contribution in [0.15, 0.2) is 39.4 Å². The number of ketones is 1. The number of carbonyl (C=O) groups is 1. The number of Topliss-reactive ketones (excluding diaryl/α,β-unsaturated/α-hetero) is 1. The van der Waals surface area contributed by atoms with Crippen molar-refractivity contribution in [3.8, 4) is 6.07 Å². The fourth-order valence-electron chi connectivity index (χ4n) is 2.29. The van der Waals surface area contributed by atoms with Gasteiger partial charge in [-0.05, 0) is 23.8 Å². The summed E-state index contributed by atoms with van der Waals surface area (Å²) in [6.07, 6.45) is -3.49. The van der Waals surface area contributed by atoms with Gasteiger partial charge in [0.1, 0.15) is 23.0 Å². The number of aromatic nitrogens is 2. The Morgan fingerprint density at radius 3 is 2.19 bits per heavy atom. The monoisotopic (exact) mass is 378 g/mol. The molecule has 1 aromatic carbocycles. The van der Waals surface area contributed by atoms with E-state index in [1.54, 1.807) is 6.07 Å². The van der Waals surface area contributed by atoms with Crippen LogP contribution in [-0.2, 0) is 20.3 Å². The summed E-state index contributed by atoms with van der Waals surface area (Å²) in [4.78, 5) is 36.6. The number of carbonyl (C=O) groups excluding carboxylic acids is 1. The average molecular weight is 378 g/mol. The van der Waals surface area contributed by atoms with Gasteiger partial charge in [-0.25, -0.2) is 4.79 Å². The molecule has 0 atom stereocenters. The number of anilines is 1. The van der Waals surface area contributed by atoms with Gasteiger partial charge in [0, 0.05) is 14.1 Å². The normalized spacial score (nSPS) is 11.9.